The van der Waals surface area contributed by atoms with E-state index in [-0.39, 0.29) is 12.3 Å². The number of benzene rings is 1. The molecule has 2 nitrogen and oxygen atoms in total. The maximum atomic E-state index is 12.8. The molecule has 3 N–H and O–H groups in total. The van der Waals surface area contributed by atoms with Crippen LogP contribution >= 0.6 is 15.9 Å². The molecule has 0 amide bonds. The molecule has 0 aliphatic carbocycles. The van der Waals surface area contributed by atoms with Crippen molar-refractivity contribution in [2.75, 3.05) is 5.73 Å². The molecule has 4 heteroatoms. The van der Waals surface area contributed by atoms with Gasteiger partial charge in [-0.15, -0.1) is 0 Å². The molecule has 0 atom stereocenters. The van der Waals surface area contributed by atoms with E-state index >= 15 is 0 Å². The minimum absolute atomic E-state index is 0.0715. The molecule has 1 aromatic rings. The van der Waals surface area contributed by atoms with Crippen molar-refractivity contribution in [3.05, 3.63) is 28.0 Å². The van der Waals surface area contributed by atoms with E-state index in [1.165, 1.54) is 6.07 Å². The second-order valence-electron chi connectivity index (χ2n) is 2.13. The molecule has 0 spiro atoms. The summed E-state index contributed by atoms with van der Waals surface area (Å²) in [5.41, 5.74) is 5.88. The Labute approximate surface area is 72.0 Å². The molecule has 0 aliphatic rings. The lowest BCUT2D eigenvalue weighted by Crippen LogP contribution is -1.94. The van der Waals surface area contributed by atoms with Gasteiger partial charge in [0, 0.05) is 4.47 Å². The molecule has 0 heterocycles. The summed E-state index contributed by atoms with van der Waals surface area (Å²) in [4.78, 5) is 0. The Balaban J connectivity index is 3.21. The van der Waals surface area contributed by atoms with E-state index in [1.54, 1.807) is 6.07 Å². The fraction of sp³-hybridized carbons (Fsp3) is 0.143. The predicted molar refractivity (Wildman–Crippen MR) is 44.4 cm³/mol. The third-order valence-corrected chi connectivity index (χ3v) is 1.98. The molecule has 60 valence electrons. The van der Waals surface area contributed by atoms with Crippen molar-refractivity contribution in [2.45, 2.75) is 6.61 Å². The van der Waals surface area contributed by atoms with E-state index in [2.05, 4.69) is 15.9 Å². The van der Waals surface area contributed by atoms with E-state index in [9.17, 15) is 4.39 Å². The number of hydrogen-bond acceptors (Lipinski definition) is 2. The van der Waals surface area contributed by atoms with Crippen molar-refractivity contribution in [3.63, 3.8) is 0 Å². The van der Waals surface area contributed by atoms with Gasteiger partial charge in [-0.05, 0) is 33.6 Å². The first kappa shape index (κ1) is 8.49. The van der Waals surface area contributed by atoms with Gasteiger partial charge in [0.1, 0.15) is 5.82 Å². The third-order valence-electron chi connectivity index (χ3n) is 1.32. The van der Waals surface area contributed by atoms with Crippen LogP contribution in [0.5, 0.6) is 0 Å². The van der Waals surface area contributed by atoms with E-state index in [0.717, 1.165) is 0 Å². The van der Waals surface area contributed by atoms with Crippen LogP contribution in [-0.4, -0.2) is 5.11 Å². The quantitative estimate of drug-likeness (QED) is 0.707. The van der Waals surface area contributed by atoms with Crippen LogP contribution in [0.3, 0.4) is 0 Å². The fourth-order valence-corrected chi connectivity index (χ4v) is 1.21. The highest BCUT2D eigenvalue weighted by Crippen LogP contribution is 2.23. The van der Waals surface area contributed by atoms with Crippen molar-refractivity contribution in [1.29, 1.82) is 0 Å². The van der Waals surface area contributed by atoms with E-state index < -0.39 is 5.82 Å². The fourth-order valence-electron chi connectivity index (χ4n) is 0.728. The molecule has 1 rings (SSSR count). The highest BCUT2D eigenvalue weighted by atomic mass is 79.9. The summed E-state index contributed by atoms with van der Waals surface area (Å²) < 4.78 is 13.2. The van der Waals surface area contributed by atoms with Crippen molar-refractivity contribution >= 4 is 21.6 Å². The first-order valence-corrected chi connectivity index (χ1v) is 3.78. The Morgan fingerprint density at radius 2 is 2.18 bits per heavy atom. The van der Waals surface area contributed by atoms with Gasteiger partial charge in [0.25, 0.3) is 0 Å². The molecule has 0 radical (unpaired) electrons. The second-order valence-corrected chi connectivity index (χ2v) is 2.99. The van der Waals surface area contributed by atoms with Gasteiger partial charge >= 0.3 is 0 Å². The number of aliphatic hydroxyl groups is 1. The molecule has 0 fully saturated rings. The Kier molecular flexibility index (Phi) is 2.46. The lowest BCUT2D eigenvalue weighted by Gasteiger charge is -2.02. The van der Waals surface area contributed by atoms with Crippen molar-refractivity contribution in [2.24, 2.45) is 0 Å². The molecule has 0 saturated heterocycles. The van der Waals surface area contributed by atoms with Crippen LogP contribution in [0.1, 0.15) is 5.56 Å². The van der Waals surface area contributed by atoms with Gasteiger partial charge in [0.15, 0.2) is 0 Å². The highest BCUT2D eigenvalue weighted by molar-refractivity contribution is 9.10. The minimum Gasteiger partial charge on any atom is -0.395 e. The summed E-state index contributed by atoms with van der Waals surface area (Å²) >= 11 is 3.06. The number of nitrogen functional groups attached to an aromatic ring is 1. The molecule has 11 heavy (non-hydrogen) atoms. The zero-order chi connectivity index (χ0) is 8.43. The summed E-state index contributed by atoms with van der Waals surface area (Å²) in [5.74, 6) is -0.511. The van der Waals surface area contributed by atoms with Gasteiger partial charge in [0.05, 0.1) is 12.3 Å². The first-order chi connectivity index (χ1) is 5.15. The number of aliphatic hydroxyl groups excluding tert-OH is 1. The highest BCUT2D eigenvalue weighted by Gasteiger charge is 2.04. The topological polar surface area (TPSA) is 46.2 Å². The Bertz CT molecular complexity index is 254. The third kappa shape index (κ3) is 1.70. The first-order valence-electron chi connectivity index (χ1n) is 2.99. The Morgan fingerprint density at radius 1 is 1.55 bits per heavy atom. The second kappa shape index (κ2) is 3.19. The van der Waals surface area contributed by atoms with Gasteiger partial charge in [-0.3, -0.25) is 0 Å². The smallest absolute Gasteiger partial charge is 0.147 e. The summed E-state index contributed by atoms with van der Waals surface area (Å²) in [7, 11) is 0. The monoisotopic (exact) mass is 219 g/mol. The molecule has 1 aromatic carbocycles. The van der Waals surface area contributed by atoms with Crippen LogP contribution in [0, 0.1) is 5.82 Å². The van der Waals surface area contributed by atoms with Crippen molar-refractivity contribution in [1.82, 2.24) is 0 Å². The molecule has 0 aromatic heterocycles. The Hall–Kier alpha value is -0.610. The predicted octanol–water partition coefficient (Wildman–Crippen LogP) is 1.66. The molecular formula is C7H7BrFNO. The zero-order valence-electron chi connectivity index (χ0n) is 5.64. The minimum atomic E-state index is -0.511. The lowest BCUT2D eigenvalue weighted by atomic mass is 10.2. The van der Waals surface area contributed by atoms with Crippen LogP contribution < -0.4 is 5.73 Å². The van der Waals surface area contributed by atoms with E-state index in [1.807, 2.05) is 0 Å². The molecule has 0 aliphatic heterocycles. The maximum Gasteiger partial charge on any atom is 0.147 e. The van der Waals surface area contributed by atoms with Gasteiger partial charge in [-0.1, -0.05) is 0 Å². The lowest BCUT2D eigenvalue weighted by molar-refractivity contribution is 0.281. The average Bonchev–Trinajstić information content (AvgIpc) is 1.99. The van der Waals surface area contributed by atoms with Gasteiger partial charge in [-0.25, -0.2) is 4.39 Å². The van der Waals surface area contributed by atoms with E-state index in [0.29, 0.717) is 10.0 Å². The molecule has 0 unspecified atom stereocenters. The van der Waals surface area contributed by atoms with E-state index in [4.69, 9.17) is 10.8 Å². The number of anilines is 1. The summed E-state index contributed by atoms with van der Waals surface area (Å²) in [6, 6.07) is 2.79. The van der Waals surface area contributed by atoms with Crippen LogP contribution in [0.4, 0.5) is 10.1 Å². The molecule has 0 saturated carbocycles. The van der Waals surface area contributed by atoms with Crippen LogP contribution in [-0.2, 0) is 6.61 Å². The van der Waals surface area contributed by atoms with Crippen molar-refractivity contribution in [3.8, 4) is 0 Å². The maximum absolute atomic E-state index is 12.8. The van der Waals surface area contributed by atoms with Crippen LogP contribution in [0.15, 0.2) is 16.6 Å². The van der Waals surface area contributed by atoms with Crippen LogP contribution in [0.25, 0.3) is 0 Å². The standard InChI is InChI=1S/C7H7BrFNO/c8-5-1-4(3-11)2-6(9)7(5)10/h1-2,11H,3,10H2. The zero-order valence-corrected chi connectivity index (χ0v) is 7.23. The van der Waals surface area contributed by atoms with Gasteiger partial charge in [-0.2, -0.15) is 0 Å². The van der Waals surface area contributed by atoms with Crippen molar-refractivity contribution < 1.29 is 9.50 Å². The van der Waals surface area contributed by atoms with Gasteiger partial charge in [0.2, 0.25) is 0 Å². The number of nitrogens with two attached hydrogens (primary N) is 1. The SMILES string of the molecule is Nc1c(F)cc(CO)cc1Br. The summed E-state index contributed by atoms with van der Waals surface area (Å²) in [6.45, 7) is -0.185. The number of hydrogen-bond donors (Lipinski definition) is 2. The normalized spacial score (nSPS) is 10.1. The largest absolute Gasteiger partial charge is 0.395 e. The summed E-state index contributed by atoms with van der Waals surface area (Å²) in [5, 5.41) is 8.65. The molecular weight excluding hydrogens is 213 g/mol. The number of rotatable bonds is 1. The Morgan fingerprint density at radius 3 is 2.64 bits per heavy atom. The van der Waals surface area contributed by atoms with Crippen LogP contribution in [0.2, 0.25) is 0 Å². The van der Waals surface area contributed by atoms with Gasteiger partial charge < -0.3 is 10.8 Å². The average molecular weight is 220 g/mol. The molecule has 0 bridgehead atoms. The summed E-state index contributed by atoms with van der Waals surface area (Å²) in [6.07, 6.45) is 0. The number of halogens is 2.